The third kappa shape index (κ3) is 7.32. The van der Waals surface area contributed by atoms with Crippen molar-refractivity contribution < 1.29 is 13.6 Å². The van der Waals surface area contributed by atoms with E-state index in [9.17, 15) is 13.6 Å². The predicted molar refractivity (Wildman–Crippen MR) is 41.7 cm³/mol. The summed E-state index contributed by atoms with van der Waals surface area (Å²) < 4.78 is 22.9. The van der Waals surface area contributed by atoms with Gasteiger partial charge in [0, 0.05) is 6.08 Å². The van der Waals surface area contributed by atoms with E-state index in [1.807, 2.05) is 5.32 Å². The van der Waals surface area contributed by atoms with Gasteiger partial charge in [-0.3, -0.25) is 4.79 Å². The summed E-state index contributed by atoms with van der Waals surface area (Å²) in [7, 11) is 0. The molecule has 0 aliphatic heterocycles. The lowest BCUT2D eigenvalue weighted by molar-refractivity contribution is -0.117. The molecule has 1 amide bonds. The summed E-state index contributed by atoms with van der Waals surface area (Å²) in [6, 6.07) is 0. The van der Waals surface area contributed by atoms with Gasteiger partial charge in [0.25, 0.3) is 6.43 Å². The molecule has 64 valence electrons. The summed E-state index contributed by atoms with van der Waals surface area (Å²) in [6.45, 7) is -0.586. The number of nitrogens with one attached hydrogen (secondary N) is 1. The van der Waals surface area contributed by atoms with Crippen LogP contribution < -0.4 is 5.32 Å². The molecule has 0 aliphatic rings. The van der Waals surface area contributed by atoms with Crippen molar-refractivity contribution in [1.82, 2.24) is 5.32 Å². The van der Waals surface area contributed by atoms with Gasteiger partial charge >= 0.3 is 0 Å². The Kier molecular flexibility index (Phi) is 5.83. The number of hydrogen-bond donors (Lipinski definition) is 1. The maximum Gasteiger partial charge on any atom is 0.255 e. The average Bonchev–Trinajstić information content (AvgIpc) is 1.97. The van der Waals surface area contributed by atoms with Crippen molar-refractivity contribution in [3.63, 3.8) is 0 Å². The van der Waals surface area contributed by atoms with Crippen molar-refractivity contribution in [2.75, 3.05) is 12.8 Å². The maximum absolute atomic E-state index is 11.5. The van der Waals surface area contributed by atoms with Gasteiger partial charge in [-0.05, 0) is 11.7 Å². The topological polar surface area (TPSA) is 29.1 Å². The van der Waals surface area contributed by atoms with Crippen LogP contribution in [0.5, 0.6) is 0 Å². The number of alkyl halides is 2. The van der Waals surface area contributed by atoms with E-state index in [-0.39, 0.29) is 0 Å². The minimum Gasteiger partial charge on any atom is -0.347 e. The van der Waals surface area contributed by atoms with Crippen LogP contribution in [-0.4, -0.2) is 25.1 Å². The van der Waals surface area contributed by atoms with E-state index in [0.29, 0.717) is 0 Å². The van der Waals surface area contributed by atoms with Crippen molar-refractivity contribution in [2.24, 2.45) is 0 Å². The highest BCUT2D eigenvalue weighted by molar-refractivity contribution is 8.01. The average molecular weight is 181 g/mol. The molecule has 0 aliphatic carbocycles. The highest BCUT2D eigenvalue weighted by Gasteiger charge is 2.02. The molecule has 0 saturated carbocycles. The number of hydrogen-bond acceptors (Lipinski definition) is 2. The summed E-state index contributed by atoms with van der Waals surface area (Å²) in [4.78, 5) is 10.6. The van der Waals surface area contributed by atoms with E-state index < -0.39 is 18.9 Å². The molecule has 11 heavy (non-hydrogen) atoms. The molecule has 1 N–H and O–H groups in total. The Morgan fingerprint density at radius 2 is 2.36 bits per heavy atom. The summed E-state index contributed by atoms with van der Waals surface area (Å²) >= 11 is 1.34. The Morgan fingerprint density at radius 3 is 2.82 bits per heavy atom. The second-order valence-electron chi connectivity index (χ2n) is 1.67. The first-order valence-electron chi connectivity index (χ1n) is 2.92. The lowest BCUT2D eigenvalue weighted by Crippen LogP contribution is -2.26. The standard InChI is InChI=1S/C6H9F2NOS/c1-11-3-2-6(10)9-4-5(7)8/h2-3,5H,4H2,1H3,(H,9,10)/b3-2+. The first kappa shape index (κ1) is 10.4. The van der Waals surface area contributed by atoms with Gasteiger partial charge in [0.1, 0.15) is 0 Å². The monoisotopic (exact) mass is 181 g/mol. The van der Waals surface area contributed by atoms with Crippen LogP contribution in [0.4, 0.5) is 8.78 Å². The normalized spacial score (nSPS) is 10.9. The fourth-order valence-electron chi connectivity index (χ4n) is 0.367. The first-order chi connectivity index (χ1) is 5.16. The molecule has 0 bridgehead atoms. The van der Waals surface area contributed by atoms with Crippen LogP contribution in [0, 0.1) is 0 Å². The molecule has 0 unspecified atom stereocenters. The molecular formula is C6H9F2NOS. The van der Waals surface area contributed by atoms with Crippen LogP contribution >= 0.6 is 11.8 Å². The Labute approximate surface area is 68.0 Å². The van der Waals surface area contributed by atoms with Gasteiger partial charge in [0.2, 0.25) is 5.91 Å². The van der Waals surface area contributed by atoms with Gasteiger partial charge < -0.3 is 5.32 Å². The lowest BCUT2D eigenvalue weighted by Gasteiger charge is -1.98. The Morgan fingerprint density at radius 1 is 1.73 bits per heavy atom. The molecule has 0 radical (unpaired) electrons. The van der Waals surface area contributed by atoms with Crippen molar-refractivity contribution in [1.29, 1.82) is 0 Å². The summed E-state index contributed by atoms with van der Waals surface area (Å²) in [5.41, 5.74) is 0. The van der Waals surface area contributed by atoms with Gasteiger partial charge in [0.05, 0.1) is 6.54 Å². The van der Waals surface area contributed by atoms with Gasteiger partial charge in [-0.25, -0.2) is 8.78 Å². The second-order valence-corrected chi connectivity index (χ2v) is 2.42. The molecule has 5 heteroatoms. The fraction of sp³-hybridized carbons (Fsp3) is 0.500. The van der Waals surface area contributed by atoms with E-state index in [4.69, 9.17) is 0 Å². The number of thioether (sulfide) groups is 1. The number of amides is 1. The van der Waals surface area contributed by atoms with E-state index >= 15 is 0 Å². The zero-order chi connectivity index (χ0) is 8.69. The van der Waals surface area contributed by atoms with E-state index in [2.05, 4.69) is 0 Å². The van der Waals surface area contributed by atoms with E-state index in [0.717, 1.165) is 0 Å². The summed E-state index contributed by atoms with van der Waals surface area (Å²) in [5.74, 6) is -0.486. The van der Waals surface area contributed by atoms with Crippen LogP contribution in [0.15, 0.2) is 11.5 Å². The molecule has 0 spiro atoms. The van der Waals surface area contributed by atoms with Gasteiger partial charge in [-0.15, -0.1) is 11.8 Å². The third-order valence-electron chi connectivity index (χ3n) is 0.786. The molecule has 0 fully saturated rings. The fourth-order valence-corrected chi connectivity index (χ4v) is 0.626. The molecule has 2 nitrogen and oxygen atoms in total. The Hall–Kier alpha value is -0.580. The Bertz CT molecular complexity index is 150. The SMILES string of the molecule is CS/C=C/C(=O)NCC(F)F. The quantitative estimate of drug-likeness (QED) is 0.661. The number of carbonyl (C=O) groups excluding carboxylic acids is 1. The molecule has 0 aromatic rings. The first-order valence-corrected chi connectivity index (χ1v) is 4.21. The van der Waals surface area contributed by atoms with E-state index in [1.54, 1.807) is 6.26 Å². The lowest BCUT2D eigenvalue weighted by atomic mass is 10.5. The smallest absolute Gasteiger partial charge is 0.255 e. The van der Waals surface area contributed by atoms with Crippen molar-refractivity contribution >= 4 is 17.7 Å². The van der Waals surface area contributed by atoms with Crippen LogP contribution in [0.25, 0.3) is 0 Å². The van der Waals surface area contributed by atoms with Gasteiger partial charge in [-0.2, -0.15) is 0 Å². The molecule has 0 saturated heterocycles. The highest BCUT2D eigenvalue weighted by Crippen LogP contribution is 1.92. The highest BCUT2D eigenvalue weighted by atomic mass is 32.2. The zero-order valence-corrected chi connectivity index (χ0v) is 6.83. The van der Waals surface area contributed by atoms with Crippen molar-refractivity contribution in [3.05, 3.63) is 11.5 Å². The summed E-state index contributed by atoms with van der Waals surface area (Å²) in [5, 5.41) is 3.56. The van der Waals surface area contributed by atoms with Crippen molar-refractivity contribution in [2.45, 2.75) is 6.43 Å². The number of halogens is 2. The minimum atomic E-state index is -2.48. The number of rotatable bonds is 4. The molecule has 0 heterocycles. The van der Waals surface area contributed by atoms with Gasteiger partial charge in [-0.1, -0.05) is 0 Å². The van der Waals surface area contributed by atoms with Crippen LogP contribution in [0.2, 0.25) is 0 Å². The zero-order valence-electron chi connectivity index (χ0n) is 6.01. The largest absolute Gasteiger partial charge is 0.347 e. The molecular weight excluding hydrogens is 172 g/mol. The van der Waals surface area contributed by atoms with E-state index in [1.165, 1.54) is 23.2 Å². The second kappa shape index (κ2) is 6.15. The maximum atomic E-state index is 11.5. The Balaban J connectivity index is 3.45. The molecule has 0 rings (SSSR count). The number of carbonyl (C=O) groups is 1. The van der Waals surface area contributed by atoms with Crippen LogP contribution in [-0.2, 0) is 4.79 Å². The molecule has 0 aromatic carbocycles. The van der Waals surface area contributed by atoms with Crippen LogP contribution in [0.1, 0.15) is 0 Å². The summed E-state index contributed by atoms with van der Waals surface area (Å²) in [6.07, 6.45) is 0.505. The van der Waals surface area contributed by atoms with Crippen LogP contribution in [0.3, 0.4) is 0 Å². The minimum absolute atomic E-state index is 0.486. The van der Waals surface area contributed by atoms with Gasteiger partial charge in [0.15, 0.2) is 0 Å². The molecule has 0 aromatic heterocycles. The molecule has 0 atom stereocenters. The predicted octanol–water partition coefficient (Wildman–Crippen LogP) is 1.24. The van der Waals surface area contributed by atoms with Crippen molar-refractivity contribution in [3.8, 4) is 0 Å². The third-order valence-corrected chi connectivity index (χ3v) is 1.19.